The SMILES string of the molecule is Cc1nnc(N=Nc2cn(-c3ccc(S)cc3)nc2C)s1. The highest BCUT2D eigenvalue weighted by molar-refractivity contribution is 7.80. The third kappa shape index (κ3) is 3.17. The van der Waals surface area contributed by atoms with Crippen molar-refractivity contribution in [3.8, 4) is 5.69 Å². The second kappa shape index (κ2) is 5.74. The highest BCUT2D eigenvalue weighted by Gasteiger charge is 2.06. The molecule has 0 saturated carbocycles. The van der Waals surface area contributed by atoms with E-state index in [4.69, 9.17) is 0 Å². The van der Waals surface area contributed by atoms with Crippen LogP contribution in [0.5, 0.6) is 0 Å². The molecule has 0 radical (unpaired) electrons. The van der Waals surface area contributed by atoms with Crippen molar-refractivity contribution < 1.29 is 0 Å². The molecule has 3 aromatic rings. The van der Waals surface area contributed by atoms with Gasteiger partial charge in [0, 0.05) is 4.90 Å². The van der Waals surface area contributed by atoms with E-state index >= 15 is 0 Å². The van der Waals surface area contributed by atoms with E-state index < -0.39 is 0 Å². The first-order chi connectivity index (χ1) is 10.1. The molecule has 0 aliphatic heterocycles. The molecule has 0 fully saturated rings. The average Bonchev–Trinajstić information content (AvgIpc) is 3.04. The maximum absolute atomic E-state index is 4.43. The third-order valence-electron chi connectivity index (χ3n) is 2.75. The molecule has 3 rings (SSSR count). The van der Waals surface area contributed by atoms with Crippen molar-refractivity contribution in [3.63, 3.8) is 0 Å². The Balaban J connectivity index is 1.87. The molecule has 0 aliphatic carbocycles. The Morgan fingerprint density at radius 1 is 1.10 bits per heavy atom. The van der Waals surface area contributed by atoms with Crippen LogP contribution >= 0.6 is 24.0 Å². The molecular formula is C13H12N6S2. The Morgan fingerprint density at radius 2 is 1.86 bits per heavy atom. The van der Waals surface area contributed by atoms with Gasteiger partial charge in [-0.3, -0.25) is 0 Å². The fraction of sp³-hybridized carbons (Fsp3) is 0.154. The molecule has 2 heterocycles. The molecule has 2 aromatic heterocycles. The van der Waals surface area contributed by atoms with Crippen LogP contribution in [0, 0.1) is 13.8 Å². The summed E-state index contributed by atoms with van der Waals surface area (Å²) in [6, 6.07) is 7.73. The molecule has 6 nitrogen and oxygen atoms in total. The normalized spacial score (nSPS) is 11.4. The standard InChI is InChI=1S/C13H12N6S2/c1-8-12(15-17-13-16-14-9(2)21-13)7-19(18-8)10-3-5-11(20)6-4-10/h3-7,20H,1-2H3. The van der Waals surface area contributed by atoms with Crippen LogP contribution in [0.4, 0.5) is 10.8 Å². The Hall–Kier alpha value is -2.06. The van der Waals surface area contributed by atoms with Crippen LogP contribution in [0.15, 0.2) is 45.6 Å². The number of benzene rings is 1. The number of aromatic nitrogens is 4. The van der Waals surface area contributed by atoms with Crippen LogP contribution in [-0.2, 0) is 0 Å². The largest absolute Gasteiger partial charge is 0.251 e. The summed E-state index contributed by atoms with van der Waals surface area (Å²) >= 11 is 5.67. The molecule has 8 heteroatoms. The van der Waals surface area contributed by atoms with Crippen molar-refractivity contribution in [2.24, 2.45) is 10.2 Å². The zero-order chi connectivity index (χ0) is 14.8. The first-order valence-corrected chi connectivity index (χ1v) is 7.46. The lowest BCUT2D eigenvalue weighted by Crippen LogP contribution is -1.93. The quantitative estimate of drug-likeness (QED) is 0.585. The molecule has 0 atom stereocenters. The summed E-state index contributed by atoms with van der Waals surface area (Å²) in [4.78, 5) is 0.911. The summed E-state index contributed by atoms with van der Waals surface area (Å²) in [6.07, 6.45) is 1.83. The van der Waals surface area contributed by atoms with Crippen LogP contribution in [0.1, 0.15) is 10.7 Å². The van der Waals surface area contributed by atoms with Gasteiger partial charge in [0.2, 0.25) is 0 Å². The van der Waals surface area contributed by atoms with E-state index in [-0.39, 0.29) is 0 Å². The topological polar surface area (TPSA) is 68.3 Å². The molecule has 21 heavy (non-hydrogen) atoms. The first-order valence-electron chi connectivity index (χ1n) is 6.19. The van der Waals surface area contributed by atoms with Crippen LogP contribution in [-0.4, -0.2) is 20.0 Å². The predicted octanol–water partition coefficient (Wildman–Crippen LogP) is 4.04. The van der Waals surface area contributed by atoms with E-state index in [0.29, 0.717) is 10.8 Å². The third-order valence-corrected chi connectivity index (χ3v) is 3.77. The molecule has 0 bridgehead atoms. The number of azo groups is 1. The molecule has 0 aliphatic rings. The second-order valence-corrected chi connectivity index (χ2v) is 6.04. The molecule has 1 aromatic carbocycles. The van der Waals surface area contributed by atoms with E-state index in [0.717, 1.165) is 21.3 Å². The van der Waals surface area contributed by atoms with Crippen molar-refractivity contribution in [1.82, 2.24) is 20.0 Å². The Labute approximate surface area is 131 Å². The summed E-state index contributed by atoms with van der Waals surface area (Å²) < 4.78 is 1.77. The van der Waals surface area contributed by atoms with E-state index in [9.17, 15) is 0 Å². The van der Waals surface area contributed by atoms with Gasteiger partial charge in [0.1, 0.15) is 10.7 Å². The second-order valence-electron chi connectivity index (χ2n) is 4.36. The van der Waals surface area contributed by atoms with Gasteiger partial charge >= 0.3 is 0 Å². The fourth-order valence-electron chi connectivity index (χ4n) is 1.71. The van der Waals surface area contributed by atoms with Gasteiger partial charge in [-0.1, -0.05) is 11.3 Å². The molecule has 0 amide bonds. The van der Waals surface area contributed by atoms with Crippen molar-refractivity contribution >= 4 is 34.8 Å². The number of aryl methyl sites for hydroxylation is 2. The number of hydrogen-bond acceptors (Lipinski definition) is 7. The predicted molar refractivity (Wildman–Crippen MR) is 84.4 cm³/mol. The number of rotatable bonds is 3. The molecule has 0 N–H and O–H groups in total. The maximum atomic E-state index is 4.43. The van der Waals surface area contributed by atoms with E-state index in [1.807, 2.05) is 44.3 Å². The smallest absolute Gasteiger partial charge is 0.238 e. The Kier molecular flexibility index (Phi) is 3.80. The first kappa shape index (κ1) is 13.9. The van der Waals surface area contributed by atoms with E-state index in [2.05, 4.69) is 38.2 Å². The lowest BCUT2D eigenvalue weighted by atomic mass is 10.3. The summed E-state index contributed by atoms with van der Waals surface area (Å²) in [6.45, 7) is 3.77. The van der Waals surface area contributed by atoms with E-state index in [1.165, 1.54) is 11.3 Å². The van der Waals surface area contributed by atoms with Crippen LogP contribution in [0.3, 0.4) is 0 Å². The lowest BCUT2D eigenvalue weighted by molar-refractivity contribution is 0.861. The molecule has 106 valence electrons. The summed E-state index contributed by atoms with van der Waals surface area (Å²) in [5.41, 5.74) is 2.46. The van der Waals surface area contributed by atoms with E-state index in [1.54, 1.807) is 4.68 Å². The number of hydrogen-bond donors (Lipinski definition) is 1. The fourth-order valence-corrected chi connectivity index (χ4v) is 2.37. The van der Waals surface area contributed by atoms with Crippen molar-refractivity contribution in [2.45, 2.75) is 18.7 Å². The highest BCUT2D eigenvalue weighted by Crippen LogP contribution is 2.24. The molecule has 0 spiro atoms. The average molecular weight is 316 g/mol. The Bertz CT molecular complexity index is 787. The van der Waals surface area contributed by atoms with Gasteiger partial charge < -0.3 is 0 Å². The lowest BCUT2D eigenvalue weighted by Gasteiger charge is -2.00. The minimum atomic E-state index is 0.541. The van der Waals surface area contributed by atoms with Gasteiger partial charge in [-0.05, 0) is 38.1 Å². The monoisotopic (exact) mass is 316 g/mol. The van der Waals surface area contributed by atoms with Gasteiger partial charge in [0.05, 0.1) is 17.6 Å². The van der Waals surface area contributed by atoms with Gasteiger partial charge in [-0.2, -0.15) is 5.10 Å². The van der Waals surface area contributed by atoms with Crippen LogP contribution in [0.2, 0.25) is 0 Å². The zero-order valence-electron chi connectivity index (χ0n) is 11.4. The number of thiol groups is 1. The van der Waals surface area contributed by atoms with Gasteiger partial charge in [0.15, 0.2) is 0 Å². The summed E-state index contributed by atoms with van der Waals surface area (Å²) in [7, 11) is 0. The van der Waals surface area contributed by atoms with Gasteiger partial charge in [-0.25, -0.2) is 4.68 Å². The highest BCUT2D eigenvalue weighted by atomic mass is 32.1. The molecule has 0 unspecified atom stereocenters. The Morgan fingerprint density at radius 3 is 2.52 bits per heavy atom. The van der Waals surface area contributed by atoms with Crippen molar-refractivity contribution in [1.29, 1.82) is 0 Å². The number of nitrogens with zero attached hydrogens (tertiary/aromatic N) is 6. The minimum absolute atomic E-state index is 0.541. The summed E-state index contributed by atoms with van der Waals surface area (Å²) in [5.74, 6) is 0. The van der Waals surface area contributed by atoms with Crippen molar-refractivity contribution in [3.05, 3.63) is 41.2 Å². The summed E-state index contributed by atoms with van der Waals surface area (Å²) in [5, 5.41) is 21.9. The van der Waals surface area contributed by atoms with Crippen LogP contribution in [0.25, 0.3) is 5.69 Å². The van der Waals surface area contributed by atoms with Gasteiger partial charge in [-0.15, -0.1) is 33.1 Å². The maximum Gasteiger partial charge on any atom is 0.251 e. The van der Waals surface area contributed by atoms with Crippen molar-refractivity contribution in [2.75, 3.05) is 0 Å². The molecule has 0 saturated heterocycles. The minimum Gasteiger partial charge on any atom is -0.238 e. The van der Waals surface area contributed by atoms with Crippen LogP contribution < -0.4 is 0 Å². The van der Waals surface area contributed by atoms with Gasteiger partial charge in [0.25, 0.3) is 5.13 Å². The molecular weight excluding hydrogens is 304 g/mol. The zero-order valence-corrected chi connectivity index (χ0v) is 13.1.